The van der Waals surface area contributed by atoms with Crippen molar-refractivity contribution in [2.75, 3.05) is 6.16 Å². The van der Waals surface area contributed by atoms with Crippen molar-refractivity contribution < 1.29 is 21.7 Å². The van der Waals surface area contributed by atoms with Crippen LogP contribution in [0.5, 0.6) is 0 Å². The van der Waals surface area contributed by atoms with Gasteiger partial charge in [0.2, 0.25) is 0 Å². The second-order valence-corrected chi connectivity index (χ2v) is 6.66. The predicted octanol–water partition coefficient (Wildman–Crippen LogP) is 6.90. The molecule has 1 aliphatic carbocycles. The molecular formula is C23H33Cl2PTi-6. The van der Waals surface area contributed by atoms with Gasteiger partial charge >= 0.3 is 0 Å². The molecule has 0 unspecified atom stereocenters. The molecule has 2 aromatic carbocycles. The first kappa shape index (κ1) is 41.1. The predicted molar refractivity (Wildman–Crippen MR) is 131 cm³/mol. The summed E-state index contributed by atoms with van der Waals surface area (Å²) in [7, 11) is -0.260. The van der Waals surface area contributed by atoms with Gasteiger partial charge in [-0.15, -0.1) is 31.2 Å². The molecule has 0 aromatic heterocycles. The Morgan fingerprint density at radius 2 is 1.19 bits per heavy atom. The number of hydrogen-bond donors (Lipinski definition) is 0. The van der Waals surface area contributed by atoms with Crippen LogP contribution in [-0.2, 0) is 21.7 Å². The molecule has 0 saturated heterocycles. The van der Waals surface area contributed by atoms with Gasteiger partial charge in [-0.3, -0.25) is 6.08 Å². The zero-order valence-corrected chi connectivity index (χ0v) is 21.0. The van der Waals surface area contributed by atoms with E-state index in [0.717, 1.165) is 12.6 Å². The van der Waals surface area contributed by atoms with Gasteiger partial charge in [0.05, 0.1) is 0 Å². The summed E-state index contributed by atoms with van der Waals surface area (Å²) in [5.74, 6) is 0. The Hall–Kier alpha value is -0.356. The number of halogens is 2. The fourth-order valence-corrected chi connectivity index (χ4v) is 3.84. The number of hydrogen-bond acceptors (Lipinski definition) is 0. The zero-order valence-electron chi connectivity index (χ0n) is 16.9. The Morgan fingerprint density at radius 1 is 0.778 bits per heavy atom. The Morgan fingerprint density at radius 3 is 1.41 bits per heavy atom. The van der Waals surface area contributed by atoms with Crippen LogP contribution in [0.25, 0.3) is 0 Å². The third kappa shape index (κ3) is 15.3. The number of rotatable bonds is 3. The van der Waals surface area contributed by atoms with Crippen molar-refractivity contribution in [1.82, 2.24) is 0 Å². The molecule has 0 atom stereocenters. The Kier molecular flexibility index (Phi) is 39.0. The van der Waals surface area contributed by atoms with E-state index in [-0.39, 0.29) is 84.2 Å². The molecule has 3 rings (SSSR count). The van der Waals surface area contributed by atoms with Crippen LogP contribution in [-0.4, -0.2) is 6.16 Å². The minimum Gasteiger partial charge on any atom is -0.358 e. The maximum Gasteiger partial charge on any atom is 0 e. The largest absolute Gasteiger partial charge is 0.358 e. The quantitative estimate of drug-likeness (QED) is 0.266. The van der Waals surface area contributed by atoms with Crippen LogP contribution in [0.1, 0.15) is 6.42 Å². The molecule has 4 heteroatoms. The fourth-order valence-electron chi connectivity index (χ4n) is 1.96. The van der Waals surface area contributed by atoms with E-state index < -0.39 is 0 Å². The van der Waals surface area contributed by atoms with Gasteiger partial charge in [-0.05, 0) is 10.6 Å². The van der Waals surface area contributed by atoms with Gasteiger partial charge in [-0.2, -0.15) is 12.2 Å². The summed E-state index contributed by atoms with van der Waals surface area (Å²) in [6.45, 7) is 4.07. The van der Waals surface area contributed by atoms with E-state index in [1.54, 1.807) is 0 Å². The second-order valence-electron chi connectivity index (χ2n) is 4.33. The van der Waals surface area contributed by atoms with E-state index in [1.165, 1.54) is 10.6 Å². The molecule has 27 heavy (non-hydrogen) atoms. The first-order chi connectivity index (χ1) is 9.92. The summed E-state index contributed by atoms with van der Waals surface area (Å²) >= 11 is 0. The first-order valence-electron chi connectivity index (χ1n) is 6.80. The van der Waals surface area contributed by atoms with Crippen LogP contribution in [0, 0.1) is 42.7 Å². The maximum atomic E-state index is 4.07. The van der Waals surface area contributed by atoms with E-state index in [0.29, 0.717) is 0 Å². The third-order valence-corrected chi connectivity index (χ3v) is 5.24. The molecule has 2 aromatic rings. The molecule has 0 N–H and O–H groups in total. The third-order valence-electron chi connectivity index (χ3n) is 2.95. The fraction of sp³-hybridized carbons (Fsp3) is 0.0870. The molecule has 154 valence electrons. The molecule has 1 aliphatic rings. The van der Waals surface area contributed by atoms with E-state index in [4.69, 9.17) is 0 Å². The molecule has 0 radical (unpaired) electrons. The van der Waals surface area contributed by atoms with Gasteiger partial charge in [0, 0.05) is 21.7 Å². The topological polar surface area (TPSA) is 0 Å². The van der Waals surface area contributed by atoms with Crippen molar-refractivity contribution in [3.63, 3.8) is 0 Å². The Labute approximate surface area is 198 Å². The van der Waals surface area contributed by atoms with Crippen molar-refractivity contribution in [3.8, 4) is 0 Å². The Bertz CT molecular complexity index is 508. The molecule has 0 amide bonds. The molecule has 0 heterocycles. The van der Waals surface area contributed by atoms with E-state index in [1.807, 2.05) is 12.2 Å². The SMILES string of the molecule is Cl.Cl.[C-]1=CC=CC1.[CH2-]CP(c1ccccc1)c1ccccc1.[CH3-].[CH3-].[CH3-].[CH3-].[Ti]. The molecular weight excluding hydrogens is 426 g/mol. The molecule has 0 fully saturated rings. The van der Waals surface area contributed by atoms with Crippen molar-refractivity contribution in [1.29, 1.82) is 0 Å². The van der Waals surface area contributed by atoms with Crippen LogP contribution in [0.15, 0.2) is 78.9 Å². The van der Waals surface area contributed by atoms with Gasteiger partial charge in [-0.25, -0.2) is 12.2 Å². The molecule has 0 bridgehead atoms. The van der Waals surface area contributed by atoms with E-state index >= 15 is 0 Å². The summed E-state index contributed by atoms with van der Waals surface area (Å²) in [4.78, 5) is 0. The monoisotopic (exact) mass is 458 g/mol. The van der Waals surface area contributed by atoms with Crippen LogP contribution in [0.2, 0.25) is 0 Å². The van der Waals surface area contributed by atoms with Crippen LogP contribution in [0.3, 0.4) is 0 Å². The van der Waals surface area contributed by atoms with E-state index in [9.17, 15) is 0 Å². The van der Waals surface area contributed by atoms with Crippen molar-refractivity contribution in [2.45, 2.75) is 6.42 Å². The van der Waals surface area contributed by atoms with Gasteiger partial charge in [0.1, 0.15) is 0 Å². The first-order valence-corrected chi connectivity index (χ1v) is 8.33. The number of benzene rings is 2. The average molecular weight is 459 g/mol. The smallest absolute Gasteiger partial charge is 0 e. The van der Waals surface area contributed by atoms with Crippen molar-refractivity contribution in [3.05, 3.63) is 122 Å². The van der Waals surface area contributed by atoms with E-state index in [2.05, 4.69) is 79.7 Å². The van der Waals surface area contributed by atoms with Crippen molar-refractivity contribution >= 4 is 43.3 Å². The van der Waals surface area contributed by atoms with Gasteiger partial charge in [0.15, 0.2) is 0 Å². The molecule has 0 aliphatic heterocycles. The van der Waals surface area contributed by atoms with Crippen LogP contribution >= 0.6 is 32.7 Å². The standard InChI is InChI=1S/C14H14P.C5H5.4CH3.2ClH.Ti/c1-2-15(13-9-5-3-6-10-13)14-11-7-4-8-12-14;1-2-4-5-3-1;;;;;;;/h3-12H,1-2H2;1-3H,4H2;4*1H3;2*1H;/q6*-1;;;. The average Bonchev–Trinajstić information content (AvgIpc) is 3.10. The van der Waals surface area contributed by atoms with Crippen LogP contribution in [0.4, 0.5) is 0 Å². The maximum absolute atomic E-state index is 4.07. The van der Waals surface area contributed by atoms with Gasteiger partial charge < -0.3 is 36.6 Å². The molecule has 0 spiro atoms. The van der Waals surface area contributed by atoms with Crippen molar-refractivity contribution in [2.24, 2.45) is 0 Å². The number of allylic oxidation sites excluding steroid dienone is 4. The van der Waals surface area contributed by atoms with Gasteiger partial charge in [-0.1, -0.05) is 68.6 Å². The normalized spacial score (nSPS) is 9.11. The summed E-state index contributed by atoms with van der Waals surface area (Å²) < 4.78 is 0. The van der Waals surface area contributed by atoms with Crippen LogP contribution < -0.4 is 10.6 Å². The zero-order chi connectivity index (χ0) is 14.0. The summed E-state index contributed by atoms with van der Waals surface area (Å²) in [6, 6.07) is 21.3. The summed E-state index contributed by atoms with van der Waals surface area (Å²) in [5, 5.41) is 2.82. The minimum atomic E-state index is -0.260. The summed E-state index contributed by atoms with van der Waals surface area (Å²) in [5.41, 5.74) is 0. The molecule has 0 saturated carbocycles. The molecule has 0 nitrogen and oxygen atoms in total. The van der Waals surface area contributed by atoms with Gasteiger partial charge in [0.25, 0.3) is 0 Å². The summed E-state index contributed by atoms with van der Waals surface area (Å²) in [6.07, 6.45) is 11.0. The second kappa shape index (κ2) is 25.6. The Balaban J connectivity index is -0.0000000819. The minimum absolute atomic E-state index is 0.